The van der Waals surface area contributed by atoms with E-state index in [2.05, 4.69) is 15.9 Å². The average Bonchev–Trinajstić information content (AvgIpc) is 2.68. The number of rotatable bonds is 2. The highest BCUT2D eigenvalue weighted by atomic mass is 19.4. The monoisotopic (exact) mass is 374 g/mol. The molecule has 0 aromatic heterocycles. The van der Waals surface area contributed by atoms with Crippen LogP contribution < -0.4 is 4.90 Å². The van der Waals surface area contributed by atoms with Crippen molar-refractivity contribution in [1.29, 1.82) is 0 Å². The molecule has 0 saturated carbocycles. The van der Waals surface area contributed by atoms with Gasteiger partial charge in [0.2, 0.25) is 0 Å². The Morgan fingerprint density at radius 2 is 1.56 bits per heavy atom. The number of fused-ring (bicyclic) bond motifs is 1. The van der Waals surface area contributed by atoms with Gasteiger partial charge in [0.15, 0.2) is 0 Å². The molecule has 2 aliphatic rings. The summed E-state index contributed by atoms with van der Waals surface area (Å²) in [6.07, 6.45) is -0.781. The van der Waals surface area contributed by atoms with Crippen molar-refractivity contribution in [3.05, 3.63) is 71.3 Å². The number of aliphatic hydroxyl groups is 1. The molecule has 3 nitrogen and oxygen atoms in total. The van der Waals surface area contributed by atoms with Gasteiger partial charge in [0.1, 0.15) is 0 Å². The molecule has 1 aliphatic heterocycles. The van der Waals surface area contributed by atoms with Crippen molar-refractivity contribution < 1.29 is 18.3 Å². The molecular formula is C21H21F3N2O. The van der Waals surface area contributed by atoms with Crippen LogP contribution in [0.2, 0.25) is 0 Å². The normalized spacial score (nSPS) is 23.3. The summed E-state index contributed by atoms with van der Waals surface area (Å²) in [5.74, 6) is 0. The first kappa shape index (κ1) is 18.1. The lowest BCUT2D eigenvalue weighted by Crippen LogP contribution is -2.51. The first-order chi connectivity index (χ1) is 12.9. The number of anilines is 1. The number of aliphatic hydroxyl groups excluding tert-OH is 1. The second-order valence-electron chi connectivity index (χ2n) is 6.99. The number of piperazine rings is 1. The number of nitrogens with zero attached hydrogens (tertiary/aromatic N) is 2. The number of benzene rings is 2. The molecule has 2 aromatic rings. The van der Waals surface area contributed by atoms with E-state index in [1.807, 2.05) is 30.3 Å². The van der Waals surface area contributed by atoms with E-state index in [0.29, 0.717) is 13.1 Å². The van der Waals surface area contributed by atoms with Crippen LogP contribution in [0.15, 0.2) is 54.6 Å². The summed E-state index contributed by atoms with van der Waals surface area (Å²) in [6.45, 7) is 2.92. The van der Waals surface area contributed by atoms with Gasteiger partial charge >= 0.3 is 6.18 Å². The van der Waals surface area contributed by atoms with Gasteiger partial charge < -0.3 is 10.0 Å². The minimum atomic E-state index is -4.31. The van der Waals surface area contributed by atoms with Gasteiger partial charge in [-0.1, -0.05) is 36.4 Å². The Labute approximate surface area is 156 Å². The van der Waals surface area contributed by atoms with E-state index in [0.717, 1.165) is 42.0 Å². The number of hydrogen-bond acceptors (Lipinski definition) is 3. The Bertz CT molecular complexity index is 824. The highest BCUT2D eigenvalue weighted by Crippen LogP contribution is 2.33. The van der Waals surface area contributed by atoms with Crippen LogP contribution in [0.5, 0.6) is 0 Å². The van der Waals surface area contributed by atoms with Crippen LogP contribution in [0.4, 0.5) is 18.9 Å². The highest BCUT2D eigenvalue weighted by Gasteiger charge is 2.32. The van der Waals surface area contributed by atoms with Crippen molar-refractivity contribution in [3.8, 4) is 0 Å². The van der Waals surface area contributed by atoms with Crippen molar-refractivity contribution in [3.63, 3.8) is 0 Å². The molecule has 1 aliphatic carbocycles. The fraction of sp³-hybridized carbons (Fsp3) is 0.333. The zero-order valence-electron chi connectivity index (χ0n) is 14.7. The molecule has 6 heteroatoms. The van der Waals surface area contributed by atoms with Crippen LogP contribution in [0.25, 0.3) is 6.08 Å². The van der Waals surface area contributed by atoms with Crippen molar-refractivity contribution in [1.82, 2.24) is 4.90 Å². The predicted octanol–water partition coefficient (Wildman–Crippen LogP) is 3.96. The molecule has 142 valence electrons. The van der Waals surface area contributed by atoms with Crippen LogP contribution in [-0.2, 0) is 6.18 Å². The summed E-state index contributed by atoms with van der Waals surface area (Å²) < 4.78 is 38.1. The number of halogens is 3. The van der Waals surface area contributed by atoms with Gasteiger partial charge in [0.25, 0.3) is 0 Å². The van der Waals surface area contributed by atoms with Crippen molar-refractivity contribution >= 4 is 11.8 Å². The lowest BCUT2D eigenvalue weighted by atomic mass is 9.90. The second kappa shape index (κ2) is 7.02. The third-order valence-electron chi connectivity index (χ3n) is 5.41. The zero-order valence-corrected chi connectivity index (χ0v) is 14.7. The van der Waals surface area contributed by atoms with E-state index < -0.39 is 17.8 Å². The molecule has 1 fully saturated rings. The molecule has 0 radical (unpaired) electrons. The maximum Gasteiger partial charge on any atom is 0.416 e. The summed E-state index contributed by atoms with van der Waals surface area (Å²) in [5.41, 5.74) is 2.16. The van der Waals surface area contributed by atoms with Crippen LogP contribution in [-0.4, -0.2) is 42.2 Å². The van der Waals surface area contributed by atoms with Crippen molar-refractivity contribution in [2.45, 2.75) is 18.3 Å². The Morgan fingerprint density at radius 1 is 0.889 bits per heavy atom. The van der Waals surface area contributed by atoms with Crippen LogP contribution in [0.3, 0.4) is 0 Å². The molecule has 1 saturated heterocycles. The average molecular weight is 374 g/mol. The summed E-state index contributed by atoms with van der Waals surface area (Å²) in [5, 5.41) is 10.8. The number of hydrogen-bond donors (Lipinski definition) is 1. The standard InChI is InChI=1S/C21H21F3N2O/c22-21(23,24)16-6-8-17(9-7-16)25-11-13-26(14-12-25)19-10-5-15-3-1-2-4-18(15)20(19)27/h1-10,19-20,27H,11-14H2/t19-,20-/m1/s1. The molecular weight excluding hydrogens is 353 g/mol. The second-order valence-corrected chi connectivity index (χ2v) is 6.99. The van der Waals surface area contributed by atoms with Crippen LogP contribution in [0, 0.1) is 0 Å². The Kier molecular flexibility index (Phi) is 4.70. The lowest BCUT2D eigenvalue weighted by molar-refractivity contribution is -0.137. The van der Waals surface area contributed by atoms with E-state index in [1.165, 1.54) is 12.1 Å². The van der Waals surface area contributed by atoms with Crippen molar-refractivity contribution in [2.75, 3.05) is 31.1 Å². The van der Waals surface area contributed by atoms with Crippen molar-refractivity contribution in [2.24, 2.45) is 0 Å². The SMILES string of the molecule is O[C@@H]1c2ccccc2C=C[C@H]1N1CCN(c2ccc(C(F)(F)F)cc2)CC1. The van der Waals surface area contributed by atoms with Gasteiger partial charge in [0.05, 0.1) is 17.7 Å². The summed E-state index contributed by atoms with van der Waals surface area (Å²) >= 11 is 0. The molecule has 27 heavy (non-hydrogen) atoms. The highest BCUT2D eigenvalue weighted by molar-refractivity contribution is 5.58. The first-order valence-electron chi connectivity index (χ1n) is 9.05. The summed E-state index contributed by atoms with van der Waals surface area (Å²) in [7, 11) is 0. The molecule has 0 spiro atoms. The minimum Gasteiger partial charge on any atom is -0.386 e. The molecule has 1 heterocycles. The third-order valence-corrected chi connectivity index (χ3v) is 5.41. The quantitative estimate of drug-likeness (QED) is 0.862. The first-order valence-corrected chi connectivity index (χ1v) is 9.05. The van der Waals surface area contributed by atoms with Gasteiger partial charge in [-0.15, -0.1) is 0 Å². The smallest absolute Gasteiger partial charge is 0.386 e. The van der Waals surface area contributed by atoms with E-state index >= 15 is 0 Å². The zero-order chi connectivity index (χ0) is 19.0. The maximum atomic E-state index is 12.7. The Balaban J connectivity index is 1.41. The topological polar surface area (TPSA) is 26.7 Å². The lowest BCUT2D eigenvalue weighted by Gasteiger charge is -2.42. The number of alkyl halides is 3. The third kappa shape index (κ3) is 3.59. The van der Waals surface area contributed by atoms with Gasteiger partial charge in [-0.2, -0.15) is 13.2 Å². The predicted molar refractivity (Wildman–Crippen MR) is 99.5 cm³/mol. The van der Waals surface area contributed by atoms with E-state index in [4.69, 9.17) is 0 Å². The Hall–Kier alpha value is -2.31. The molecule has 0 amide bonds. The largest absolute Gasteiger partial charge is 0.416 e. The summed E-state index contributed by atoms with van der Waals surface area (Å²) in [4.78, 5) is 4.32. The maximum absolute atomic E-state index is 12.7. The van der Waals surface area contributed by atoms with E-state index in [1.54, 1.807) is 0 Å². The minimum absolute atomic E-state index is 0.0744. The molecule has 0 bridgehead atoms. The fourth-order valence-corrected chi connectivity index (χ4v) is 3.88. The van der Waals surface area contributed by atoms with Gasteiger partial charge in [-0.3, -0.25) is 4.90 Å². The van der Waals surface area contributed by atoms with Gasteiger partial charge in [-0.05, 0) is 35.4 Å². The van der Waals surface area contributed by atoms with E-state index in [9.17, 15) is 18.3 Å². The summed E-state index contributed by atoms with van der Waals surface area (Å²) in [6, 6.07) is 13.1. The van der Waals surface area contributed by atoms with Crippen LogP contribution >= 0.6 is 0 Å². The Morgan fingerprint density at radius 3 is 2.22 bits per heavy atom. The fourth-order valence-electron chi connectivity index (χ4n) is 3.88. The van der Waals surface area contributed by atoms with Crippen LogP contribution in [0.1, 0.15) is 22.8 Å². The van der Waals surface area contributed by atoms with Gasteiger partial charge in [0, 0.05) is 31.9 Å². The van der Waals surface area contributed by atoms with E-state index in [-0.39, 0.29) is 6.04 Å². The molecule has 0 unspecified atom stereocenters. The molecule has 4 rings (SSSR count). The molecule has 2 atom stereocenters. The molecule has 1 N–H and O–H groups in total. The van der Waals surface area contributed by atoms with Gasteiger partial charge in [-0.25, -0.2) is 0 Å². The molecule has 2 aromatic carbocycles.